The summed E-state index contributed by atoms with van der Waals surface area (Å²) in [6, 6.07) is 13.4. The van der Waals surface area contributed by atoms with E-state index in [0.717, 1.165) is 3.97 Å². The number of hydrogen-bond donors (Lipinski definition) is 0. The summed E-state index contributed by atoms with van der Waals surface area (Å²) >= 11 is -1.42. The van der Waals surface area contributed by atoms with Crippen molar-refractivity contribution in [2.75, 3.05) is 0 Å². The van der Waals surface area contributed by atoms with Crippen LogP contribution >= 0.6 is 0 Å². The molecule has 0 saturated heterocycles. The number of benzene rings is 1. The molecule has 3 aromatic rings. The predicted octanol–water partition coefficient (Wildman–Crippen LogP) is 3.54. The molecule has 2 heterocycles. The number of hydrogen-bond acceptors (Lipinski definition) is 5. The summed E-state index contributed by atoms with van der Waals surface area (Å²) in [6.07, 6.45) is 1.49. The fraction of sp³-hybridized carbons (Fsp3) is 0.263. The molecule has 0 amide bonds. The van der Waals surface area contributed by atoms with E-state index in [1.165, 1.54) is 6.20 Å². The van der Waals surface area contributed by atoms with E-state index >= 15 is 0 Å². The summed E-state index contributed by atoms with van der Waals surface area (Å²) in [4.78, 5) is 4.67. The summed E-state index contributed by atoms with van der Waals surface area (Å²) < 4.78 is 43.1. The van der Waals surface area contributed by atoms with Crippen LogP contribution in [-0.2, 0) is 21.4 Å². The third-order valence-electron chi connectivity index (χ3n) is 3.92. The number of aromatic nitrogens is 2. The van der Waals surface area contributed by atoms with Gasteiger partial charge in [0.25, 0.3) is 10.0 Å². The van der Waals surface area contributed by atoms with Gasteiger partial charge in [0.1, 0.15) is 21.8 Å². The smallest absolute Gasteiger partial charge is 0.269 e. The summed E-state index contributed by atoms with van der Waals surface area (Å²) in [7, 11) is -3.76. The van der Waals surface area contributed by atoms with Gasteiger partial charge in [0.05, 0.1) is 10.6 Å². The van der Waals surface area contributed by atoms with Crippen LogP contribution in [0.1, 0.15) is 33.4 Å². The Labute approximate surface area is 162 Å². The topological polar surface area (TPSA) is 87.4 Å². The lowest BCUT2D eigenvalue weighted by molar-refractivity contribution is 0.561. The minimum atomic E-state index is -3.76. The maximum absolute atomic E-state index is 12.9. The second-order valence-electron chi connectivity index (χ2n) is 7.08. The van der Waals surface area contributed by atoms with Gasteiger partial charge in [0, 0.05) is 11.6 Å². The highest BCUT2D eigenvalue weighted by molar-refractivity contribution is 7.91. The van der Waals surface area contributed by atoms with Gasteiger partial charge in [-0.2, -0.15) is 0 Å². The highest BCUT2D eigenvalue weighted by Crippen LogP contribution is 2.22. The van der Waals surface area contributed by atoms with Crippen molar-refractivity contribution in [3.8, 4) is 0 Å². The Morgan fingerprint density at radius 3 is 2.41 bits per heavy atom. The van der Waals surface area contributed by atoms with Crippen LogP contribution in [0.3, 0.4) is 0 Å². The van der Waals surface area contributed by atoms with E-state index < -0.39 is 26.1 Å². The maximum Gasteiger partial charge on any atom is 0.269 e. The summed E-state index contributed by atoms with van der Waals surface area (Å²) in [5.74, 6) is 0. The first-order chi connectivity index (χ1) is 12.6. The summed E-state index contributed by atoms with van der Waals surface area (Å²) in [5, 5.41) is 0.697. The molecule has 0 saturated carbocycles. The first kappa shape index (κ1) is 19.6. The first-order valence-corrected chi connectivity index (χ1v) is 10.9. The van der Waals surface area contributed by atoms with E-state index in [0.29, 0.717) is 22.4 Å². The van der Waals surface area contributed by atoms with Gasteiger partial charge in [0.2, 0.25) is 0 Å². The van der Waals surface area contributed by atoms with Gasteiger partial charge in [-0.1, -0.05) is 22.6 Å². The van der Waals surface area contributed by atoms with Crippen molar-refractivity contribution in [1.82, 2.24) is 8.96 Å². The normalized spacial score (nSPS) is 14.5. The zero-order valence-corrected chi connectivity index (χ0v) is 17.2. The summed E-state index contributed by atoms with van der Waals surface area (Å²) in [5.41, 5.74) is 1.30. The van der Waals surface area contributed by atoms with Crippen molar-refractivity contribution in [3.05, 3.63) is 60.4 Å². The van der Waals surface area contributed by atoms with Crippen molar-refractivity contribution >= 4 is 38.1 Å². The number of pyridine rings is 1. The van der Waals surface area contributed by atoms with E-state index in [2.05, 4.69) is 9.38 Å². The van der Waals surface area contributed by atoms with E-state index in [1.807, 2.05) is 20.8 Å². The fourth-order valence-electron chi connectivity index (χ4n) is 2.39. The lowest BCUT2D eigenvalue weighted by Gasteiger charge is -2.18. The second kappa shape index (κ2) is 7.10. The van der Waals surface area contributed by atoms with Crippen LogP contribution in [0.5, 0.6) is 0 Å². The molecule has 0 aliphatic heterocycles. The molecular formula is C19H21N3O3S2. The molecule has 0 N–H and O–H groups in total. The van der Waals surface area contributed by atoms with E-state index in [-0.39, 0.29) is 4.90 Å². The monoisotopic (exact) mass is 403 g/mol. The highest BCUT2D eigenvalue weighted by Gasteiger charge is 2.27. The fourth-order valence-corrected chi connectivity index (χ4v) is 4.33. The molecule has 8 heteroatoms. The van der Waals surface area contributed by atoms with Gasteiger partial charge >= 0.3 is 0 Å². The number of rotatable bonds is 4. The van der Waals surface area contributed by atoms with E-state index in [1.54, 1.807) is 55.5 Å². The highest BCUT2D eigenvalue weighted by atomic mass is 32.2. The van der Waals surface area contributed by atoms with Crippen LogP contribution in [0, 0.1) is 0 Å². The van der Waals surface area contributed by atoms with Gasteiger partial charge in [-0.15, -0.1) is 0 Å². The van der Waals surface area contributed by atoms with Crippen LogP contribution in [0.2, 0.25) is 0 Å². The van der Waals surface area contributed by atoms with Crippen LogP contribution in [0.15, 0.2) is 64.0 Å². The van der Waals surface area contributed by atoms with E-state index in [4.69, 9.17) is 0 Å². The molecule has 0 bridgehead atoms. The Balaban J connectivity index is 2.09. The Morgan fingerprint density at radius 1 is 1.11 bits per heavy atom. The van der Waals surface area contributed by atoms with Gasteiger partial charge in [-0.25, -0.2) is 17.4 Å². The molecule has 2 aromatic heterocycles. The van der Waals surface area contributed by atoms with Gasteiger partial charge < -0.3 is 4.55 Å². The van der Waals surface area contributed by atoms with Gasteiger partial charge in [-0.3, -0.25) is 0 Å². The Hall–Kier alpha value is -2.16. The molecule has 0 spiro atoms. The van der Waals surface area contributed by atoms with Gasteiger partial charge in [0.15, 0.2) is 5.65 Å². The largest absolute Gasteiger partial charge is 0.591 e. The molecule has 0 unspecified atom stereocenters. The average Bonchev–Trinajstić information content (AvgIpc) is 3.05. The minimum absolute atomic E-state index is 0.189. The van der Waals surface area contributed by atoms with Crippen LogP contribution < -0.4 is 0 Å². The van der Waals surface area contributed by atoms with Crippen LogP contribution in [0.4, 0.5) is 0 Å². The predicted molar refractivity (Wildman–Crippen MR) is 109 cm³/mol. The molecule has 1 aromatic carbocycles. The van der Waals surface area contributed by atoms with Crippen LogP contribution in [-0.4, -0.2) is 32.4 Å². The Bertz CT molecular complexity index is 1100. The van der Waals surface area contributed by atoms with E-state index in [9.17, 15) is 13.0 Å². The average molecular weight is 404 g/mol. The molecule has 0 fully saturated rings. The van der Waals surface area contributed by atoms with Gasteiger partial charge in [-0.05, 0) is 58.0 Å². The van der Waals surface area contributed by atoms with Crippen LogP contribution in [0.25, 0.3) is 11.0 Å². The van der Waals surface area contributed by atoms with Crippen molar-refractivity contribution in [1.29, 1.82) is 0 Å². The molecule has 142 valence electrons. The lowest BCUT2D eigenvalue weighted by Crippen LogP contribution is -2.26. The quantitative estimate of drug-likeness (QED) is 0.492. The Morgan fingerprint density at radius 2 is 1.78 bits per heavy atom. The van der Waals surface area contributed by atoms with Crippen molar-refractivity contribution in [2.24, 2.45) is 4.40 Å². The second-order valence-corrected chi connectivity index (χ2v) is 10.8. The first-order valence-electron chi connectivity index (χ1n) is 8.37. The molecule has 0 aliphatic carbocycles. The SMILES string of the molecule is C/C(=N\[S@@+]([O-])C(C)(C)C)c1ccc2ccn(S(=O)(=O)c3ccccc3)c2n1. The molecule has 1 atom stereocenters. The number of nitrogens with zero attached hydrogens (tertiary/aromatic N) is 3. The molecule has 27 heavy (non-hydrogen) atoms. The number of fused-ring (bicyclic) bond motifs is 1. The lowest BCUT2D eigenvalue weighted by atomic mass is 10.2. The maximum atomic E-state index is 12.9. The zero-order chi connectivity index (χ0) is 19.8. The van der Waals surface area contributed by atoms with Crippen molar-refractivity contribution in [3.63, 3.8) is 0 Å². The zero-order valence-electron chi connectivity index (χ0n) is 15.6. The molecule has 0 radical (unpaired) electrons. The van der Waals surface area contributed by atoms with Crippen molar-refractivity contribution in [2.45, 2.75) is 37.3 Å². The third-order valence-corrected chi connectivity index (χ3v) is 7.09. The third kappa shape index (κ3) is 3.92. The standard InChI is InChI=1S/C19H21N3O3S2/c1-14(21-26(23)19(2,3)4)17-11-10-15-12-13-22(18(15)20-17)27(24,25)16-8-6-5-7-9-16/h5-13H,1-4H3/b21-14+/t26-/m0/s1. The van der Waals surface area contributed by atoms with Crippen molar-refractivity contribution < 1.29 is 13.0 Å². The molecule has 0 aliphatic rings. The Kier molecular flexibility index (Phi) is 5.16. The minimum Gasteiger partial charge on any atom is -0.591 e. The molecular weight excluding hydrogens is 382 g/mol. The summed E-state index contributed by atoms with van der Waals surface area (Å²) in [6.45, 7) is 7.24. The molecule has 6 nitrogen and oxygen atoms in total. The molecule has 3 rings (SSSR count).